The van der Waals surface area contributed by atoms with Gasteiger partial charge in [-0.3, -0.25) is 0 Å². The zero-order valence-electron chi connectivity index (χ0n) is 14.2. The maximum atomic E-state index is 12.5. The Balaban J connectivity index is 1.53. The molecule has 0 bridgehead atoms. The van der Waals surface area contributed by atoms with Gasteiger partial charge in [0.15, 0.2) is 0 Å². The van der Waals surface area contributed by atoms with Gasteiger partial charge in [0.2, 0.25) is 10.0 Å². The molecule has 5 heteroatoms. The Labute approximate surface area is 140 Å². The lowest BCUT2D eigenvalue weighted by atomic mass is 9.73. The van der Waals surface area contributed by atoms with Gasteiger partial charge in [0.25, 0.3) is 0 Å². The van der Waals surface area contributed by atoms with Crippen LogP contribution in [0, 0.1) is 11.3 Å². The second kappa shape index (κ2) is 6.54. The summed E-state index contributed by atoms with van der Waals surface area (Å²) in [7, 11) is -3.16. The van der Waals surface area contributed by atoms with Crippen LogP contribution in [0.2, 0.25) is 0 Å². The molecule has 2 fully saturated rings. The summed E-state index contributed by atoms with van der Waals surface area (Å²) in [6.07, 6.45) is 2.27. The van der Waals surface area contributed by atoms with Gasteiger partial charge in [-0.25, -0.2) is 12.7 Å². The van der Waals surface area contributed by atoms with E-state index in [2.05, 4.69) is 18.7 Å². The Bertz CT molecular complexity index is 612. The fraction of sp³-hybridized carbons (Fsp3) is 0.667. The lowest BCUT2D eigenvalue weighted by Crippen LogP contribution is -2.62. The molecular weight excluding hydrogens is 308 g/mol. The molecule has 4 nitrogen and oxygen atoms in total. The van der Waals surface area contributed by atoms with Crippen molar-refractivity contribution in [2.45, 2.75) is 32.4 Å². The van der Waals surface area contributed by atoms with Crippen molar-refractivity contribution >= 4 is 10.0 Å². The number of benzene rings is 1. The zero-order chi connectivity index (χ0) is 16.5. The monoisotopic (exact) mass is 336 g/mol. The number of hydrogen-bond acceptors (Lipinski definition) is 3. The minimum Gasteiger partial charge on any atom is -0.303 e. The Hall–Kier alpha value is -0.910. The van der Waals surface area contributed by atoms with Crippen LogP contribution < -0.4 is 0 Å². The Morgan fingerprint density at radius 3 is 2.26 bits per heavy atom. The van der Waals surface area contributed by atoms with Crippen molar-refractivity contribution in [3.63, 3.8) is 0 Å². The molecule has 0 N–H and O–H groups in total. The molecular formula is C18H28N2O2S. The average Bonchev–Trinajstić information content (AvgIpc) is 2.46. The van der Waals surface area contributed by atoms with Crippen LogP contribution >= 0.6 is 0 Å². The molecule has 1 aromatic carbocycles. The van der Waals surface area contributed by atoms with Crippen molar-refractivity contribution in [2.75, 3.05) is 32.7 Å². The highest BCUT2D eigenvalue weighted by Gasteiger charge is 2.48. The third-order valence-electron chi connectivity index (χ3n) is 5.15. The maximum absolute atomic E-state index is 12.5. The Morgan fingerprint density at radius 1 is 1.09 bits per heavy atom. The van der Waals surface area contributed by atoms with Crippen molar-refractivity contribution in [1.82, 2.24) is 9.21 Å². The van der Waals surface area contributed by atoms with Crippen LogP contribution in [0.25, 0.3) is 0 Å². The smallest absolute Gasteiger partial charge is 0.218 e. The van der Waals surface area contributed by atoms with Crippen LogP contribution in [0.5, 0.6) is 0 Å². The van der Waals surface area contributed by atoms with Gasteiger partial charge < -0.3 is 4.90 Å². The highest BCUT2D eigenvalue weighted by Crippen LogP contribution is 2.42. The van der Waals surface area contributed by atoms with E-state index in [-0.39, 0.29) is 11.2 Å². The molecule has 0 aliphatic carbocycles. The molecule has 1 spiro atoms. The quantitative estimate of drug-likeness (QED) is 0.830. The first-order chi connectivity index (χ1) is 10.9. The molecule has 2 heterocycles. The third kappa shape index (κ3) is 3.95. The summed E-state index contributed by atoms with van der Waals surface area (Å²) in [4.78, 5) is 2.52. The van der Waals surface area contributed by atoms with Gasteiger partial charge in [0, 0.05) is 25.0 Å². The third-order valence-corrected chi connectivity index (χ3v) is 6.89. The van der Waals surface area contributed by atoms with E-state index in [9.17, 15) is 8.42 Å². The van der Waals surface area contributed by atoms with E-state index >= 15 is 0 Å². The minimum absolute atomic E-state index is 0.128. The molecule has 0 radical (unpaired) electrons. The summed E-state index contributed by atoms with van der Waals surface area (Å²) in [6, 6.07) is 9.48. The van der Waals surface area contributed by atoms with Crippen LogP contribution in [-0.2, 0) is 15.8 Å². The van der Waals surface area contributed by atoms with Crippen LogP contribution in [-0.4, -0.2) is 50.3 Å². The summed E-state index contributed by atoms with van der Waals surface area (Å²) < 4.78 is 26.8. The number of hydrogen-bond donors (Lipinski definition) is 0. The molecule has 0 amide bonds. The van der Waals surface area contributed by atoms with Crippen molar-refractivity contribution in [3.8, 4) is 0 Å². The molecule has 1 aromatic rings. The largest absolute Gasteiger partial charge is 0.303 e. The van der Waals surface area contributed by atoms with Crippen molar-refractivity contribution in [3.05, 3.63) is 35.9 Å². The first-order valence-corrected chi connectivity index (χ1v) is 10.2. The molecule has 3 rings (SSSR count). The van der Waals surface area contributed by atoms with Crippen LogP contribution in [0.4, 0.5) is 0 Å². The number of nitrogens with zero attached hydrogens (tertiary/aromatic N) is 2. The maximum Gasteiger partial charge on any atom is 0.218 e. The second-order valence-electron chi connectivity index (χ2n) is 7.70. The molecule has 0 unspecified atom stereocenters. The van der Waals surface area contributed by atoms with Gasteiger partial charge in [-0.05, 0) is 37.4 Å². The average molecular weight is 337 g/mol. The second-order valence-corrected chi connectivity index (χ2v) is 9.67. The van der Waals surface area contributed by atoms with E-state index in [1.165, 1.54) is 0 Å². The lowest BCUT2D eigenvalue weighted by Gasteiger charge is -2.53. The summed E-state index contributed by atoms with van der Waals surface area (Å²) in [6.45, 7) is 9.34. The molecule has 0 saturated carbocycles. The van der Waals surface area contributed by atoms with Gasteiger partial charge in [-0.15, -0.1) is 0 Å². The minimum atomic E-state index is -3.16. The van der Waals surface area contributed by atoms with Crippen LogP contribution in [0.1, 0.15) is 32.3 Å². The van der Waals surface area contributed by atoms with Gasteiger partial charge >= 0.3 is 0 Å². The highest BCUT2D eigenvalue weighted by molar-refractivity contribution is 7.88. The van der Waals surface area contributed by atoms with Crippen molar-refractivity contribution < 1.29 is 8.42 Å². The van der Waals surface area contributed by atoms with E-state index in [0.717, 1.165) is 51.1 Å². The van der Waals surface area contributed by atoms with Crippen LogP contribution in [0.3, 0.4) is 0 Å². The summed E-state index contributed by atoms with van der Waals surface area (Å²) in [5.74, 6) is 0.830. The van der Waals surface area contributed by atoms with Crippen LogP contribution in [0.15, 0.2) is 30.3 Å². The molecule has 2 saturated heterocycles. The number of likely N-dealkylation sites (tertiary alicyclic amines) is 1. The predicted octanol–water partition coefficient (Wildman–Crippen LogP) is 2.57. The first kappa shape index (κ1) is 16.9. The van der Waals surface area contributed by atoms with E-state index in [1.54, 1.807) is 4.31 Å². The van der Waals surface area contributed by atoms with Gasteiger partial charge in [-0.1, -0.05) is 44.2 Å². The molecule has 128 valence electrons. The van der Waals surface area contributed by atoms with Gasteiger partial charge in [0.1, 0.15) is 0 Å². The van der Waals surface area contributed by atoms with E-state index in [0.29, 0.717) is 5.92 Å². The van der Waals surface area contributed by atoms with Crippen molar-refractivity contribution in [2.24, 2.45) is 11.3 Å². The Morgan fingerprint density at radius 2 is 1.70 bits per heavy atom. The summed E-state index contributed by atoms with van der Waals surface area (Å²) in [5, 5.41) is 0. The normalized spacial score (nSPS) is 22.4. The molecule has 0 aromatic heterocycles. The topological polar surface area (TPSA) is 40.6 Å². The number of sulfonamides is 1. The lowest BCUT2D eigenvalue weighted by molar-refractivity contribution is -0.00193. The number of rotatable bonds is 5. The van der Waals surface area contributed by atoms with Crippen molar-refractivity contribution in [1.29, 1.82) is 0 Å². The predicted molar refractivity (Wildman–Crippen MR) is 93.6 cm³/mol. The number of piperidine rings is 1. The first-order valence-electron chi connectivity index (χ1n) is 8.63. The molecule has 0 atom stereocenters. The van der Waals surface area contributed by atoms with E-state index in [4.69, 9.17) is 0 Å². The molecule has 23 heavy (non-hydrogen) atoms. The fourth-order valence-corrected chi connectivity index (χ4v) is 5.55. The molecule has 2 aliphatic rings. The molecule has 2 aliphatic heterocycles. The summed E-state index contributed by atoms with van der Waals surface area (Å²) in [5.41, 5.74) is 1.12. The SMILES string of the molecule is CC(C)CN1CCC2(CC1)CN(S(=O)(=O)Cc1ccccc1)C2. The van der Waals surface area contributed by atoms with Gasteiger partial charge in [-0.2, -0.15) is 0 Å². The van der Waals surface area contributed by atoms with E-state index in [1.807, 2.05) is 30.3 Å². The Kier molecular flexibility index (Phi) is 4.81. The standard InChI is InChI=1S/C18H28N2O2S/c1-16(2)12-19-10-8-18(9-11-19)14-20(15-18)23(21,22)13-17-6-4-3-5-7-17/h3-7,16H,8-15H2,1-2H3. The fourth-order valence-electron chi connectivity index (χ4n) is 3.82. The summed E-state index contributed by atoms with van der Waals surface area (Å²) >= 11 is 0. The van der Waals surface area contributed by atoms with Gasteiger partial charge in [0.05, 0.1) is 5.75 Å². The highest BCUT2D eigenvalue weighted by atomic mass is 32.2. The van der Waals surface area contributed by atoms with E-state index < -0.39 is 10.0 Å². The zero-order valence-corrected chi connectivity index (χ0v) is 15.1.